The maximum absolute atomic E-state index is 12.2. The van der Waals surface area contributed by atoms with Gasteiger partial charge in [-0.3, -0.25) is 14.9 Å². The monoisotopic (exact) mass is 496 g/mol. The number of anilines is 2. The van der Waals surface area contributed by atoms with Crippen molar-refractivity contribution in [3.05, 3.63) is 63.1 Å². The van der Waals surface area contributed by atoms with Crippen LogP contribution in [0, 0.1) is 6.92 Å². The zero-order chi connectivity index (χ0) is 20.1. The number of hydrogen-bond donors (Lipinski definition) is 2. The van der Waals surface area contributed by atoms with E-state index < -0.39 is 0 Å². The molecule has 1 heterocycles. The molecular formula is C18H14BrClN4O2S2. The van der Waals surface area contributed by atoms with Crippen LogP contribution in [-0.4, -0.2) is 27.8 Å². The van der Waals surface area contributed by atoms with Crippen LogP contribution in [0.2, 0.25) is 5.02 Å². The number of hydrogen-bond acceptors (Lipinski definition) is 6. The fourth-order valence-corrected chi connectivity index (χ4v) is 4.08. The first-order valence-corrected chi connectivity index (χ1v) is 11.0. The molecule has 0 unspecified atom stereocenters. The molecule has 0 aliphatic heterocycles. The third-order valence-corrected chi connectivity index (χ3v) is 6.42. The van der Waals surface area contributed by atoms with E-state index in [1.54, 1.807) is 36.4 Å². The minimum atomic E-state index is -0.269. The Morgan fingerprint density at radius 1 is 1.14 bits per heavy atom. The smallest absolute Gasteiger partial charge is 0.257 e. The molecular weight excluding hydrogens is 484 g/mol. The van der Waals surface area contributed by atoms with E-state index in [-0.39, 0.29) is 17.6 Å². The number of amides is 2. The summed E-state index contributed by atoms with van der Waals surface area (Å²) in [4.78, 5) is 24.3. The van der Waals surface area contributed by atoms with E-state index in [1.807, 2.05) is 13.0 Å². The standard InChI is InChI=1S/C18H14BrClN4O2S2/c1-10-2-7-13(8-14(10)20)21-15(25)9-27-18-24-23-17(28-18)22-16(26)11-3-5-12(19)6-4-11/h2-8H,9H2,1H3,(H,21,25)(H,22,23,26). The second-order valence-electron chi connectivity index (χ2n) is 5.63. The van der Waals surface area contributed by atoms with Crippen LogP contribution in [0.1, 0.15) is 15.9 Å². The molecule has 1 aromatic heterocycles. The van der Waals surface area contributed by atoms with Crippen LogP contribution in [0.25, 0.3) is 0 Å². The van der Waals surface area contributed by atoms with Crippen LogP contribution in [-0.2, 0) is 4.79 Å². The number of nitrogens with one attached hydrogen (secondary N) is 2. The number of halogens is 2. The van der Waals surface area contributed by atoms with Gasteiger partial charge in [-0.1, -0.05) is 56.7 Å². The summed E-state index contributed by atoms with van der Waals surface area (Å²) >= 11 is 11.8. The van der Waals surface area contributed by atoms with E-state index in [9.17, 15) is 9.59 Å². The Hall–Kier alpha value is -1.94. The third kappa shape index (κ3) is 5.78. The van der Waals surface area contributed by atoms with Gasteiger partial charge in [-0.2, -0.15) is 0 Å². The molecule has 10 heteroatoms. The molecule has 28 heavy (non-hydrogen) atoms. The van der Waals surface area contributed by atoms with Crippen molar-refractivity contribution in [2.24, 2.45) is 0 Å². The molecule has 0 atom stereocenters. The summed E-state index contributed by atoms with van der Waals surface area (Å²) in [7, 11) is 0. The van der Waals surface area contributed by atoms with Gasteiger partial charge in [0.25, 0.3) is 5.91 Å². The third-order valence-electron chi connectivity index (χ3n) is 3.52. The Kier molecular flexibility index (Phi) is 7.06. The highest BCUT2D eigenvalue weighted by molar-refractivity contribution is 9.10. The van der Waals surface area contributed by atoms with Crippen molar-refractivity contribution in [3.63, 3.8) is 0 Å². The fourth-order valence-electron chi connectivity index (χ4n) is 2.08. The Morgan fingerprint density at radius 3 is 2.61 bits per heavy atom. The summed E-state index contributed by atoms with van der Waals surface area (Å²) in [5.74, 6) is -0.282. The highest BCUT2D eigenvalue weighted by Gasteiger charge is 2.12. The fraction of sp³-hybridized carbons (Fsp3) is 0.111. The quantitative estimate of drug-likeness (QED) is 0.359. The van der Waals surface area contributed by atoms with Gasteiger partial charge in [-0.15, -0.1) is 10.2 Å². The van der Waals surface area contributed by atoms with Gasteiger partial charge in [-0.05, 0) is 48.9 Å². The summed E-state index contributed by atoms with van der Waals surface area (Å²) < 4.78 is 1.48. The summed E-state index contributed by atoms with van der Waals surface area (Å²) in [6, 6.07) is 12.3. The van der Waals surface area contributed by atoms with Crippen molar-refractivity contribution in [2.75, 3.05) is 16.4 Å². The van der Waals surface area contributed by atoms with Crippen LogP contribution < -0.4 is 10.6 Å². The Bertz CT molecular complexity index is 1010. The zero-order valence-corrected chi connectivity index (χ0v) is 18.5. The van der Waals surface area contributed by atoms with E-state index in [2.05, 4.69) is 36.8 Å². The van der Waals surface area contributed by atoms with Crippen LogP contribution in [0.5, 0.6) is 0 Å². The molecule has 6 nitrogen and oxygen atoms in total. The molecule has 0 aliphatic carbocycles. The summed E-state index contributed by atoms with van der Waals surface area (Å²) in [5.41, 5.74) is 2.10. The molecule has 2 N–H and O–H groups in total. The Morgan fingerprint density at radius 2 is 1.89 bits per heavy atom. The molecule has 0 spiro atoms. The van der Waals surface area contributed by atoms with Crippen molar-refractivity contribution >= 4 is 73.3 Å². The minimum absolute atomic E-state index is 0.167. The summed E-state index contributed by atoms with van der Waals surface area (Å²) in [5, 5.41) is 14.4. The van der Waals surface area contributed by atoms with E-state index in [0.717, 1.165) is 10.0 Å². The van der Waals surface area contributed by atoms with Crippen molar-refractivity contribution < 1.29 is 9.59 Å². The highest BCUT2D eigenvalue weighted by Crippen LogP contribution is 2.26. The summed E-state index contributed by atoms with van der Waals surface area (Å²) in [6.07, 6.45) is 0. The molecule has 0 bridgehead atoms. The van der Waals surface area contributed by atoms with Crippen molar-refractivity contribution in [1.82, 2.24) is 10.2 Å². The molecule has 0 saturated carbocycles. The molecule has 2 amide bonds. The summed E-state index contributed by atoms with van der Waals surface area (Å²) in [6.45, 7) is 1.90. The predicted octanol–water partition coefficient (Wildman–Crippen LogP) is 5.25. The molecule has 0 fully saturated rings. The number of carbonyl (C=O) groups is 2. The van der Waals surface area contributed by atoms with E-state index >= 15 is 0 Å². The lowest BCUT2D eigenvalue weighted by molar-refractivity contribution is -0.113. The van der Waals surface area contributed by atoms with Crippen molar-refractivity contribution in [1.29, 1.82) is 0 Å². The number of benzene rings is 2. The van der Waals surface area contributed by atoms with Gasteiger partial charge < -0.3 is 5.32 Å². The lowest BCUT2D eigenvalue weighted by atomic mass is 10.2. The lowest BCUT2D eigenvalue weighted by Gasteiger charge is -2.06. The first kappa shape index (κ1) is 20.8. The van der Waals surface area contributed by atoms with Gasteiger partial charge in [0, 0.05) is 20.7 Å². The van der Waals surface area contributed by atoms with E-state index in [4.69, 9.17) is 11.6 Å². The number of carbonyl (C=O) groups excluding carboxylic acids is 2. The van der Waals surface area contributed by atoms with Gasteiger partial charge in [-0.25, -0.2) is 0 Å². The number of rotatable bonds is 6. The zero-order valence-electron chi connectivity index (χ0n) is 14.5. The molecule has 0 saturated heterocycles. The maximum Gasteiger partial charge on any atom is 0.257 e. The normalized spacial score (nSPS) is 10.5. The molecule has 0 radical (unpaired) electrons. The van der Waals surface area contributed by atoms with Gasteiger partial charge in [0.2, 0.25) is 11.0 Å². The number of aromatic nitrogens is 2. The van der Waals surface area contributed by atoms with Gasteiger partial charge in [0.15, 0.2) is 4.34 Å². The highest BCUT2D eigenvalue weighted by atomic mass is 79.9. The number of aryl methyl sites for hydroxylation is 1. The predicted molar refractivity (Wildman–Crippen MR) is 118 cm³/mol. The van der Waals surface area contributed by atoms with E-state index in [1.165, 1.54) is 23.1 Å². The van der Waals surface area contributed by atoms with Crippen LogP contribution in [0.15, 0.2) is 51.3 Å². The van der Waals surface area contributed by atoms with Gasteiger partial charge in [0.05, 0.1) is 5.75 Å². The largest absolute Gasteiger partial charge is 0.325 e. The first-order valence-electron chi connectivity index (χ1n) is 8.00. The minimum Gasteiger partial charge on any atom is -0.325 e. The molecule has 144 valence electrons. The maximum atomic E-state index is 12.2. The van der Waals surface area contributed by atoms with Crippen molar-refractivity contribution in [3.8, 4) is 0 Å². The number of nitrogens with zero attached hydrogens (tertiary/aromatic N) is 2. The number of thioether (sulfide) groups is 1. The van der Waals surface area contributed by atoms with Crippen LogP contribution in [0.3, 0.4) is 0 Å². The Balaban J connectivity index is 1.51. The second kappa shape index (κ2) is 9.51. The molecule has 2 aromatic carbocycles. The van der Waals surface area contributed by atoms with Gasteiger partial charge in [0.1, 0.15) is 0 Å². The molecule has 3 rings (SSSR count). The van der Waals surface area contributed by atoms with Crippen LogP contribution >= 0.6 is 50.6 Å². The second-order valence-corrected chi connectivity index (χ2v) is 9.16. The first-order chi connectivity index (χ1) is 13.4. The topological polar surface area (TPSA) is 84.0 Å². The van der Waals surface area contributed by atoms with Gasteiger partial charge >= 0.3 is 0 Å². The van der Waals surface area contributed by atoms with Crippen molar-refractivity contribution in [2.45, 2.75) is 11.3 Å². The average molecular weight is 498 g/mol. The Labute approximate surface area is 183 Å². The van der Waals surface area contributed by atoms with Crippen LogP contribution in [0.4, 0.5) is 10.8 Å². The SMILES string of the molecule is Cc1ccc(NC(=O)CSc2nnc(NC(=O)c3ccc(Br)cc3)s2)cc1Cl. The van der Waals surface area contributed by atoms with E-state index in [0.29, 0.717) is 25.7 Å². The lowest BCUT2D eigenvalue weighted by Crippen LogP contribution is -2.13. The average Bonchev–Trinajstić information content (AvgIpc) is 3.11. The molecule has 0 aliphatic rings. The molecule has 3 aromatic rings.